The zero-order valence-corrected chi connectivity index (χ0v) is 12.9. The van der Waals surface area contributed by atoms with Crippen LogP contribution in [0.25, 0.3) is 0 Å². The summed E-state index contributed by atoms with van der Waals surface area (Å²) in [5, 5.41) is 2.99. The van der Waals surface area contributed by atoms with Gasteiger partial charge in [-0.25, -0.2) is 18.4 Å². The number of rotatable bonds is 5. The molecule has 0 aliphatic carbocycles. The number of ether oxygens (including phenoxy) is 1. The van der Waals surface area contributed by atoms with Gasteiger partial charge in [-0.05, 0) is 30.7 Å². The van der Waals surface area contributed by atoms with Crippen molar-refractivity contribution in [1.29, 1.82) is 0 Å². The average Bonchev–Trinajstić information content (AvgIpc) is 2.46. The van der Waals surface area contributed by atoms with E-state index in [1.54, 1.807) is 19.2 Å². The molecule has 0 bridgehead atoms. The van der Waals surface area contributed by atoms with E-state index in [4.69, 9.17) is 4.74 Å². The van der Waals surface area contributed by atoms with E-state index in [9.17, 15) is 8.42 Å². The van der Waals surface area contributed by atoms with Crippen molar-refractivity contribution in [1.82, 2.24) is 9.97 Å². The molecule has 2 rings (SSSR count). The summed E-state index contributed by atoms with van der Waals surface area (Å²) >= 11 is 0. The minimum atomic E-state index is -3.21. The molecule has 1 aromatic heterocycles. The summed E-state index contributed by atoms with van der Waals surface area (Å²) < 4.78 is 28.6. The lowest BCUT2D eigenvalue weighted by molar-refractivity contribution is 0.455. The molecule has 0 saturated heterocycles. The smallest absolute Gasteiger partial charge is 0.227 e. The largest absolute Gasteiger partial charge is 0.439 e. The maximum absolute atomic E-state index is 11.4. The molecule has 0 unspecified atom stereocenters. The molecule has 0 fully saturated rings. The lowest BCUT2D eigenvalue weighted by atomic mass is 10.2. The molecule has 2 aromatic rings. The van der Waals surface area contributed by atoms with Crippen molar-refractivity contribution in [3.63, 3.8) is 0 Å². The molecule has 0 atom stereocenters. The van der Waals surface area contributed by atoms with Crippen molar-refractivity contribution >= 4 is 15.7 Å². The third-order valence-electron chi connectivity index (χ3n) is 2.96. The molecule has 0 radical (unpaired) electrons. The van der Waals surface area contributed by atoms with E-state index in [2.05, 4.69) is 15.3 Å². The van der Waals surface area contributed by atoms with Gasteiger partial charge in [0.25, 0.3) is 0 Å². The van der Waals surface area contributed by atoms with Crippen LogP contribution in [-0.4, -0.2) is 31.7 Å². The van der Waals surface area contributed by atoms with Gasteiger partial charge < -0.3 is 10.1 Å². The predicted octanol–water partition coefficient (Wildman–Crippen LogP) is 2.28. The molecule has 0 amide bonds. The lowest BCUT2D eigenvalue weighted by Gasteiger charge is -2.12. The van der Waals surface area contributed by atoms with Crippen LogP contribution in [0.15, 0.2) is 35.5 Å². The quantitative estimate of drug-likeness (QED) is 0.912. The maximum atomic E-state index is 11.4. The molecule has 1 aromatic carbocycles. The van der Waals surface area contributed by atoms with Gasteiger partial charge in [0, 0.05) is 13.3 Å². The van der Waals surface area contributed by atoms with Crippen LogP contribution in [0.3, 0.4) is 0 Å². The number of anilines is 1. The highest BCUT2D eigenvalue weighted by atomic mass is 32.2. The lowest BCUT2D eigenvalue weighted by Crippen LogP contribution is -2.02. The summed E-state index contributed by atoms with van der Waals surface area (Å²) in [5.74, 6) is 1.71. The fourth-order valence-corrected chi connectivity index (χ4v) is 2.52. The summed E-state index contributed by atoms with van der Waals surface area (Å²) in [6, 6.07) is 6.24. The molecule has 21 heavy (non-hydrogen) atoms. The molecular formula is C14H17N3O3S. The summed E-state index contributed by atoms with van der Waals surface area (Å²) in [5.41, 5.74) is 0.868. The standard InChI is InChI=1S/C14H17N3O3S/c1-4-12-13(15-2)16-9-17-14(12)20-10-5-7-11(8-6-10)21(3,18)19/h5-9H,4H2,1-3H3,(H,15,16,17). The second-order valence-electron chi connectivity index (χ2n) is 4.46. The Hall–Kier alpha value is -2.15. The van der Waals surface area contributed by atoms with Gasteiger partial charge in [-0.2, -0.15) is 0 Å². The predicted molar refractivity (Wildman–Crippen MR) is 80.6 cm³/mol. The highest BCUT2D eigenvalue weighted by Crippen LogP contribution is 2.27. The van der Waals surface area contributed by atoms with Gasteiger partial charge in [-0.3, -0.25) is 0 Å². The van der Waals surface area contributed by atoms with Crippen LogP contribution in [0.5, 0.6) is 11.6 Å². The Kier molecular flexibility index (Phi) is 4.42. The normalized spacial score (nSPS) is 11.2. The van der Waals surface area contributed by atoms with Crippen LogP contribution in [0.2, 0.25) is 0 Å². The van der Waals surface area contributed by atoms with Crippen molar-refractivity contribution in [2.24, 2.45) is 0 Å². The summed E-state index contributed by atoms with van der Waals surface area (Å²) in [6.07, 6.45) is 3.31. The van der Waals surface area contributed by atoms with E-state index in [1.807, 2.05) is 6.92 Å². The first kappa shape index (κ1) is 15.2. The second-order valence-corrected chi connectivity index (χ2v) is 6.47. The minimum Gasteiger partial charge on any atom is -0.439 e. The first-order valence-corrected chi connectivity index (χ1v) is 8.34. The van der Waals surface area contributed by atoms with Crippen molar-refractivity contribution < 1.29 is 13.2 Å². The molecule has 1 N–H and O–H groups in total. The molecule has 7 heteroatoms. The second kappa shape index (κ2) is 6.09. The molecular weight excluding hydrogens is 290 g/mol. The van der Waals surface area contributed by atoms with Crippen LogP contribution >= 0.6 is 0 Å². The van der Waals surface area contributed by atoms with Crippen molar-refractivity contribution in [2.75, 3.05) is 18.6 Å². The number of hydrogen-bond donors (Lipinski definition) is 1. The fourth-order valence-electron chi connectivity index (χ4n) is 1.88. The summed E-state index contributed by atoms with van der Waals surface area (Å²) in [6.45, 7) is 1.99. The first-order chi connectivity index (χ1) is 9.95. The number of nitrogens with zero attached hydrogens (tertiary/aromatic N) is 2. The number of hydrogen-bond acceptors (Lipinski definition) is 6. The third kappa shape index (κ3) is 3.49. The van der Waals surface area contributed by atoms with Crippen molar-refractivity contribution in [3.05, 3.63) is 36.2 Å². The highest BCUT2D eigenvalue weighted by Gasteiger charge is 2.12. The fraction of sp³-hybridized carbons (Fsp3) is 0.286. The Morgan fingerprint density at radius 2 is 1.86 bits per heavy atom. The van der Waals surface area contributed by atoms with Gasteiger partial charge in [0.1, 0.15) is 17.9 Å². The van der Waals surface area contributed by atoms with Gasteiger partial charge in [-0.15, -0.1) is 0 Å². The Morgan fingerprint density at radius 3 is 2.38 bits per heavy atom. The van der Waals surface area contributed by atoms with Gasteiger partial charge in [0.15, 0.2) is 9.84 Å². The molecule has 0 aliphatic heterocycles. The molecule has 1 heterocycles. The van der Waals surface area contributed by atoms with Crippen molar-refractivity contribution in [2.45, 2.75) is 18.2 Å². The van der Waals surface area contributed by atoms with E-state index in [0.717, 1.165) is 11.4 Å². The van der Waals surface area contributed by atoms with E-state index >= 15 is 0 Å². The van der Waals surface area contributed by atoms with Gasteiger partial charge in [0.05, 0.1) is 10.5 Å². The Labute approximate surface area is 124 Å². The molecule has 0 spiro atoms. The molecule has 112 valence electrons. The number of benzene rings is 1. The Balaban J connectivity index is 2.30. The van der Waals surface area contributed by atoms with Crippen LogP contribution in [-0.2, 0) is 16.3 Å². The molecule has 0 aliphatic rings. The Bertz CT molecular complexity index is 728. The van der Waals surface area contributed by atoms with Crippen molar-refractivity contribution in [3.8, 4) is 11.6 Å². The number of sulfone groups is 1. The number of nitrogens with one attached hydrogen (secondary N) is 1. The summed E-state index contributed by atoms with van der Waals surface area (Å²) in [7, 11) is -1.42. The monoisotopic (exact) mass is 307 g/mol. The SMILES string of the molecule is CCc1c(NC)ncnc1Oc1ccc(S(C)(=O)=O)cc1. The van der Waals surface area contributed by atoms with Gasteiger partial charge in [0.2, 0.25) is 5.88 Å². The molecule has 6 nitrogen and oxygen atoms in total. The molecule has 0 saturated carbocycles. The van der Waals surface area contributed by atoms with Gasteiger partial charge in [-0.1, -0.05) is 6.92 Å². The first-order valence-electron chi connectivity index (χ1n) is 6.45. The minimum absolute atomic E-state index is 0.254. The Morgan fingerprint density at radius 1 is 1.19 bits per heavy atom. The summed E-state index contributed by atoms with van der Waals surface area (Å²) in [4.78, 5) is 8.52. The third-order valence-corrected chi connectivity index (χ3v) is 4.09. The zero-order valence-electron chi connectivity index (χ0n) is 12.1. The van der Waals surface area contributed by atoms with E-state index < -0.39 is 9.84 Å². The van der Waals surface area contributed by atoms with Crippen LogP contribution in [0, 0.1) is 0 Å². The highest BCUT2D eigenvalue weighted by molar-refractivity contribution is 7.90. The van der Waals surface area contributed by atoms with E-state index in [-0.39, 0.29) is 4.90 Å². The van der Waals surface area contributed by atoms with Crippen LogP contribution < -0.4 is 10.1 Å². The number of aromatic nitrogens is 2. The van der Waals surface area contributed by atoms with E-state index in [0.29, 0.717) is 18.1 Å². The van der Waals surface area contributed by atoms with Crippen LogP contribution in [0.4, 0.5) is 5.82 Å². The topological polar surface area (TPSA) is 81.2 Å². The average molecular weight is 307 g/mol. The van der Waals surface area contributed by atoms with E-state index in [1.165, 1.54) is 24.7 Å². The van der Waals surface area contributed by atoms with Crippen LogP contribution in [0.1, 0.15) is 12.5 Å². The van der Waals surface area contributed by atoms with Gasteiger partial charge >= 0.3 is 0 Å². The zero-order chi connectivity index (χ0) is 15.5. The maximum Gasteiger partial charge on any atom is 0.227 e.